The van der Waals surface area contributed by atoms with E-state index in [2.05, 4.69) is 115 Å². The van der Waals surface area contributed by atoms with E-state index in [1.807, 2.05) is 0 Å². The molecular weight excluding hydrogens is 389 g/mol. The highest BCUT2D eigenvalue weighted by Gasteiger charge is 2.21. The Bertz CT molecular complexity index is 1020. The Balaban J connectivity index is 0.000000461. The molecule has 0 aliphatic carbocycles. The second-order valence-corrected chi connectivity index (χ2v) is 6.67. The highest BCUT2D eigenvalue weighted by atomic mass is 19.5. The van der Waals surface area contributed by atoms with Crippen molar-refractivity contribution in [3.8, 4) is 33.6 Å². The van der Waals surface area contributed by atoms with E-state index >= 15 is 0 Å². The van der Waals surface area contributed by atoms with Crippen molar-refractivity contribution in [3.05, 3.63) is 103 Å². The molecule has 0 fully saturated rings. The van der Waals surface area contributed by atoms with Gasteiger partial charge in [-0.15, -0.1) is 0 Å². The van der Waals surface area contributed by atoms with Crippen LogP contribution < -0.4 is 4.57 Å². The third kappa shape index (κ3) is 5.80. The van der Waals surface area contributed by atoms with Gasteiger partial charge in [-0.05, 0) is 35.4 Å². The van der Waals surface area contributed by atoms with Gasteiger partial charge >= 0.3 is 7.25 Å². The molecule has 3 aromatic carbocycles. The third-order valence-corrected chi connectivity index (χ3v) is 4.55. The summed E-state index contributed by atoms with van der Waals surface area (Å²) in [7, 11) is -3.86. The van der Waals surface area contributed by atoms with Gasteiger partial charge in [-0.2, -0.15) is 4.57 Å². The monoisotopic (exact) mass is 409 g/mol. The van der Waals surface area contributed by atoms with Crippen LogP contribution in [-0.2, 0) is 7.05 Å². The molecule has 0 saturated heterocycles. The van der Waals surface area contributed by atoms with E-state index in [-0.39, 0.29) is 0 Å². The predicted octanol–water partition coefficient (Wildman–Crippen LogP) is 6.81. The Morgan fingerprint density at radius 2 is 0.800 bits per heavy atom. The second kappa shape index (κ2) is 9.40. The molecule has 0 bridgehead atoms. The molecule has 0 atom stereocenters. The van der Waals surface area contributed by atoms with Crippen LogP contribution in [-0.4, -0.2) is 7.25 Å². The molecule has 0 spiro atoms. The van der Waals surface area contributed by atoms with Crippen molar-refractivity contribution in [2.45, 2.75) is 0 Å². The van der Waals surface area contributed by atoms with Gasteiger partial charge in [0.1, 0.15) is 7.05 Å². The first kappa shape index (κ1) is 21.3. The normalized spacial score (nSPS) is 10.8. The summed E-state index contributed by atoms with van der Waals surface area (Å²) in [4.78, 5) is 0. The smallest absolute Gasteiger partial charge is 0.418 e. The SMILES string of the molecule is C[n+]1c(-c2ccccc2)cc(-c2ccccc2)cc1-c1ccccc1.F[B-](F)(F)F. The molecule has 1 heterocycles. The van der Waals surface area contributed by atoms with E-state index in [0.29, 0.717) is 0 Å². The zero-order chi connectivity index (χ0) is 21.6. The van der Waals surface area contributed by atoms with Gasteiger partial charge in [-0.3, -0.25) is 0 Å². The molecule has 0 unspecified atom stereocenters. The lowest BCUT2D eigenvalue weighted by atomic mass is 9.99. The minimum Gasteiger partial charge on any atom is -0.418 e. The fraction of sp³-hybridized carbons (Fsp3) is 0.0417. The fourth-order valence-corrected chi connectivity index (χ4v) is 3.23. The van der Waals surface area contributed by atoms with Crippen molar-refractivity contribution in [2.75, 3.05) is 0 Å². The van der Waals surface area contributed by atoms with Crippen molar-refractivity contribution >= 4 is 7.25 Å². The number of nitrogens with zero attached hydrogens (tertiary/aromatic N) is 1. The molecule has 1 nitrogen and oxygen atoms in total. The van der Waals surface area contributed by atoms with Gasteiger partial charge in [-0.1, -0.05) is 66.7 Å². The minimum atomic E-state index is -6.00. The van der Waals surface area contributed by atoms with E-state index in [1.54, 1.807) is 0 Å². The van der Waals surface area contributed by atoms with Crippen LogP contribution in [0.15, 0.2) is 103 Å². The first-order valence-electron chi connectivity index (χ1n) is 9.40. The Hall–Kier alpha value is -3.41. The van der Waals surface area contributed by atoms with Gasteiger partial charge < -0.3 is 17.3 Å². The predicted molar refractivity (Wildman–Crippen MR) is 114 cm³/mol. The number of pyridine rings is 1. The van der Waals surface area contributed by atoms with Gasteiger partial charge in [0.05, 0.1) is 0 Å². The van der Waals surface area contributed by atoms with Gasteiger partial charge in [0.25, 0.3) is 0 Å². The average molecular weight is 409 g/mol. The summed E-state index contributed by atoms with van der Waals surface area (Å²) >= 11 is 0. The number of rotatable bonds is 3. The third-order valence-electron chi connectivity index (χ3n) is 4.55. The first-order chi connectivity index (χ1) is 14.3. The van der Waals surface area contributed by atoms with E-state index in [1.165, 1.54) is 33.6 Å². The highest BCUT2D eigenvalue weighted by Crippen LogP contribution is 2.28. The summed E-state index contributed by atoms with van der Waals surface area (Å²) in [5.74, 6) is 0. The summed E-state index contributed by atoms with van der Waals surface area (Å²) in [5, 5.41) is 0. The molecule has 0 aliphatic heterocycles. The van der Waals surface area contributed by atoms with Crippen LogP contribution in [0.3, 0.4) is 0 Å². The van der Waals surface area contributed by atoms with Crippen LogP contribution in [0.5, 0.6) is 0 Å². The maximum atomic E-state index is 9.75. The molecule has 0 N–H and O–H groups in total. The molecule has 4 rings (SSSR count). The fourth-order valence-electron chi connectivity index (χ4n) is 3.23. The van der Waals surface area contributed by atoms with E-state index in [0.717, 1.165) is 0 Å². The zero-order valence-corrected chi connectivity index (χ0v) is 16.4. The maximum Gasteiger partial charge on any atom is 0.673 e. The van der Waals surface area contributed by atoms with Gasteiger partial charge in [0.15, 0.2) is 0 Å². The van der Waals surface area contributed by atoms with Crippen LogP contribution in [0.25, 0.3) is 33.6 Å². The van der Waals surface area contributed by atoms with Crippen LogP contribution >= 0.6 is 0 Å². The number of hydrogen-bond acceptors (Lipinski definition) is 0. The lowest BCUT2D eigenvalue weighted by Gasteiger charge is -2.10. The Labute approximate surface area is 173 Å². The zero-order valence-electron chi connectivity index (χ0n) is 16.4. The Morgan fingerprint density at radius 1 is 0.500 bits per heavy atom. The molecule has 1 aromatic heterocycles. The van der Waals surface area contributed by atoms with Crippen LogP contribution in [0, 0.1) is 0 Å². The van der Waals surface area contributed by atoms with Crippen molar-refractivity contribution in [2.24, 2.45) is 7.05 Å². The molecule has 0 aliphatic rings. The molecule has 0 amide bonds. The van der Waals surface area contributed by atoms with Crippen LogP contribution in [0.1, 0.15) is 0 Å². The van der Waals surface area contributed by atoms with Gasteiger partial charge in [0.2, 0.25) is 11.4 Å². The van der Waals surface area contributed by atoms with Gasteiger partial charge in [-0.25, -0.2) is 0 Å². The topological polar surface area (TPSA) is 3.88 Å². The summed E-state index contributed by atoms with van der Waals surface area (Å²) in [5.41, 5.74) is 7.33. The largest absolute Gasteiger partial charge is 0.673 e. The summed E-state index contributed by atoms with van der Waals surface area (Å²) in [6, 6.07) is 36.3. The van der Waals surface area contributed by atoms with Crippen molar-refractivity contribution in [1.82, 2.24) is 0 Å². The number of halogens is 4. The average Bonchev–Trinajstić information content (AvgIpc) is 2.75. The summed E-state index contributed by atoms with van der Waals surface area (Å²) < 4.78 is 41.3. The maximum absolute atomic E-state index is 9.75. The molecule has 0 radical (unpaired) electrons. The number of hydrogen-bond donors (Lipinski definition) is 0. The summed E-state index contributed by atoms with van der Waals surface area (Å²) in [6.45, 7) is 0. The van der Waals surface area contributed by atoms with Crippen molar-refractivity contribution < 1.29 is 21.8 Å². The first-order valence-corrected chi connectivity index (χ1v) is 9.40. The lowest BCUT2D eigenvalue weighted by molar-refractivity contribution is -0.649. The molecule has 0 saturated carbocycles. The van der Waals surface area contributed by atoms with E-state index in [4.69, 9.17) is 0 Å². The Morgan fingerprint density at radius 3 is 1.13 bits per heavy atom. The van der Waals surface area contributed by atoms with Crippen LogP contribution in [0.2, 0.25) is 0 Å². The highest BCUT2D eigenvalue weighted by molar-refractivity contribution is 6.50. The van der Waals surface area contributed by atoms with Gasteiger partial charge in [0, 0.05) is 23.3 Å². The number of benzene rings is 3. The van der Waals surface area contributed by atoms with E-state index < -0.39 is 7.25 Å². The Kier molecular flexibility index (Phi) is 6.67. The molecule has 6 heteroatoms. The van der Waals surface area contributed by atoms with Crippen molar-refractivity contribution in [3.63, 3.8) is 0 Å². The van der Waals surface area contributed by atoms with E-state index in [9.17, 15) is 17.3 Å². The minimum absolute atomic E-state index is 1.21. The van der Waals surface area contributed by atoms with Crippen LogP contribution in [0.4, 0.5) is 17.3 Å². The molecule has 152 valence electrons. The molecule has 4 aromatic rings. The number of aromatic nitrogens is 1. The van der Waals surface area contributed by atoms with Crippen molar-refractivity contribution in [1.29, 1.82) is 0 Å². The standard InChI is InChI=1S/C24H20N.BF4/c1-25-23(20-13-7-3-8-14-20)17-22(19-11-5-2-6-12-19)18-24(25)21-15-9-4-10-16-21;2-1(3,4)5/h2-18H,1H3;/q+1;-1. The quantitative estimate of drug-likeness (QED) is 0.199. The molecule has 30 heavy (non-hydrogen) atoms. The summed E-state index contributed by atoms with van der Waals surface area (Å²) in [6.07, 6.45) is 0. The lowest BCUT2D eigenvalue weighted by Crippen LogP contribution is -2.34. The molecular formula is C24H20BF4N. The second-order valence-electron chi connectivity index (χ2n) is 6.67.